The Balaban J connectivity index is 2.16. The van der Waals surface area contributed by atoms with E-state index in [0.717, 1.165) is 10.0 Å². The molecule has 0 fully saturated rings. The standard InChI is InChI=1S/C15H9BrN2O3/c16-10-5-6-13-11(8-10)12(15(19)17-13)7-9-3-1-2-4-14(9)18(20)21/h1-8H,(H,17,19). The van der Waals surface area contributed by atoms with Crippen molar-refractivity contribution in [3.63, 3.8) is 0 Å². The number of nitro benzene ring substituents is 1. The van der Waals surface area contributed by atoms with Gasteiger partial charge in [-0.3, -0.25) is 14.9 Å². The molecule has 0 aromatic heterocycles. The van der Waals surface area contributed by atoms with Crippen molar-refractivity contribution in [2.75, 3.05) is 5.32 Å². The molecule has 2 aromatic carbocycles. The Kier molecular flexibility index (Phi) is 3.31. The Morgan fingerprint density at radius 1 is 1.19 bits per heavy atom. The number of hydrogen-bond acceptors (Lipinski definition) is 3. The first-order valence-corrected chi connectivity index (χ1v) is 6.92. The second kappa shape index (κ2) is 5.14. The van der Waals surface area contributed by atoms with E-state index >= 15 is 0 Å². The summed E-state index contributed by atoms with van der Waals surface area (Å²) in [5.41, 5.74) is 2.22. The van der Waals surface area contributed by atoms with Crippen LogP contribution in [-0.2, 0) is 4.79 Å². The number of halogens is 1. The Morgan fingerprint density at radius 3 is 2.71 bits per heavy atom. The van der Waals surface area contributed by atoms with Gasteiger partial charge in [-0.05, 0) is 30.3 Å². The summed E-state index contributed by atoms with van der Waals surface area (Å²) in [6.07, 6.45) is 1.55. The number of nitro groups is 1. The smallest absolute Gasteiger partial charge is 0.276 e. The van der Waals surface area contributed by atoms with E-state index in [-0.39, 0.29) is 11.6 Å². The van der Waals surface area contributed by atoms with E-state index in [1.807, 2.05) is 12.1 Å². The fourth-order valence-electron chi connectivity index (χ4n) is 2.23. The van der Waals surface area contributed by atoms with Gasteiger partial charge in [0.05, 0.1) is 10.5 Å². The summed E-state index contributed by atoms with van der Waals surface area (Å²) >= 11 is 3.36. The number of benzene rings is 2. The molecule has 21 heavy (non-hydrogen) atoms. The molecule has 6 heteroatoms. The molecule has 1 amide bonds. The normalized spacial score (nSPS) is 14.9. The number of hydrogen-bond donors (Lipinski definition) is 1. The Labute approximate surface area is 128 Å². The first-order chi connectivity index (χ1) is 10.1. The Hall–Kier alpha value is -2.47. The lowest BCUT2D eigenvalue weighted by atomic mass is 10.0. The molecular formula is C15H9BrN2O3. The zero-order valence-corrected chi connectivity index (χ0v) is 12.3. The molecule has 0 spiro atoms. The van der Waals surface area contributed by atoms with Crippen LogP contribution in [0.1, 0.15) is 11.1 Å². The number of carbonyl (C=O) groups excluding carboxylic acids is 1. The van der Waals surface area contributed by atoms with E-state index in [9.17, 15) is 14.9 Å². The van der Waals surface area contributed by atoms with Gasteiger partial charge in [-0.15, -0.1) is 0 Å². The van der Waals surface area contributed by atoms with Gasteiger partial charge in [0.2, 0.25) is 0 Å². The Bertz CT molecular complexity index is 799. The molecule has 2 aromatic rings. The molecule has 1 aliphatic heterocycles. The fraction of sp³-hybridized carbons (Fsp3) is 0. The number of fused-ring (bicyclic) bond motifs is 1. The fourth-order valence-corrected chi connectivity index (χ4v) is 2.60. The molecular weight excluding hydrogens is 336 g/mol. The number of nitrogens with one attached hydrogen (secondary N) is 1. The summed E-state index contributed by atoms with van der Waals surface area (Å²) in [6, 6.07) is 11.8. The highest BCUT2D eigenvalue weighted by molar-refractivity contribution is 9.10. The Morgan fingerprint density at radius 2 is 1.95 bits per heavy atom. The quantitative estimate of drug-likeness (QED) is 0.510. The van der Waals surface area contributed by atoms with Crippen molar-refractivity contribution >= 4 is 44.9 Å². The summed E-state index contributed by atoms with van der Waals surface area (Å²) in [5.74, 6) is -0.263. The van der Waals surface area contributed by atoms with Crippen molar-refractivity contribution in [3.8, 4) is 0 Å². The molecule has 0 atom stereocenters. The van der Waals surface area contributed by atoms with Crippen molar-refractivity contribution in [3.05, 3.63) is 68.2 Å². The third kappa shape index (κ3) is 2.45. The summed E-state index contributed by atoms with van der Waals surface area (Å²) in [5, 5.41) is 13.8. The van der Waals surface area contributed by atoms with Crippen LogP contribution in [0.2, 0.25) is 0 Å². The van der Waals surface area contributed by atoms with Crippen LogP contribution in [0.4, 0.5) is 11.4 Å². The van der Waals surface area contributed by atoms with Crippen molar-refractivity contribution < 1.29 is 9.72 Å². The molecule has 104 valence electrons. The largest absolute Gasteiger partial charge is 0.321 e. The van der Waals surface area contributed by atoms with Gasteiger partial charge in [0, 0.05) is 27.4 Å². The molecule has 0 bridgehead atoms. The summed E-state index contributed by atoms with van der Waals surface area (Å²) in [7, 11) is 0. The lowest BCUT2D eigenvalue weighted by Crippen LogP contribution is -2.03. The molecule has 1 heterocycles. The van der Waals surface area contributed by atoms with Crippen LogP contribution in [0.25, 0.3) is 11.6 Å². The number of rotatable bonds is 2. The second-order valence-electron chi connectivity index (χ2n) is 4.52. The van der Waals surface area contributed by atoms with Gasteiger partial charge in [-0.25, -0.2) is 0 Å². The van der Waals surface area contributed by atoms with Crippen molar-refractivity contribution in [1.29, 1.82) is 0 Å². The molecule has 1 N–H and O–H groups in total. The lowest BCUT2D eigenvalue weighted by Gasteiger charge is -2.00. The SMILES string of the molecule is O=C1Nc2ccc(Br)cc2C1=Cc1ccccc1[N+](=O)[O-]. The van der Waals surface area contributed by atoms with Crippen LogP contribution in [0.5, 0.6) is 0 Å². The molecule has 0 saturated heterocycles. The van der Waals surface area contributed by atoms with Gasteiger partial charge in [-0.1, -0.05) is 28.1 Å². The molecule has 0 saturated carbocycles. The van der Waals surface area contributed by atoms with E-state index in [1.165, 1.54) is 6.07 Å². The zero-order valence-electron chi connectivity index (χ0n) is 10.7. The maximum absolute atomic E-state index is 12.1. The van der Waals surface area contributed by atoms with E-state index in [2.05, 4.69) is 21.2 Å². The highest BCUT2D eigenvalue weighted by Gasteiger charge is 2.25. The topological polar surface area (TPSA) is 72.2 Å². The third-order valence-corrected chi connectivity index (χ3v) is 3.69. The van der Waals surface area contributed by atoms with Gasteiger partial charge >= 0.3 is 0 Å². The minimum Gasteiger partial charge on any atom is -0.321 e. The van der Waals surface area contributed by atoms with Crippen LogP contribution >= 0.6 is 15.9 Å². The van der Waals surface area contributed by atoms with Gasteiger partial charge < -0.3 is 5.32 Å². The molecule has 3 rings (SSSR count). The monoisotopic (exact) mass is 344 g/mol. The predicted molar refractivity (Wildman–Crippen MR) is 83.7 cm³/mol. The average molecular weight is 345 g/mol. The number of carbonyl (C=O) groups is 1. The van der Waals surface area contributed by atoms with E-state index in [1.54, 1.807) is 30.3 Å². The number of nitrogens with zero attached hydrogens (tertiary/aromatic N) is 1. The molecule has 5 nitrogen and oxygen atoms in total. The van der Waals surface area contributed by atoms with Crippen molar-refractivity contribution in [1.82, 2.24) is 0 Å². The molecule has 0 radical (unpaired) electrons. The van der Waals surface area contributed by atoms with Crippen molar-refractivity contribution in [2.24, 2.45) is 0 Å². The molecule has 0 aliphatic carbocycles. The first-order valence-electron chi connectivity index (χ1n) is 6.12. The van der Waals surface area contributed by atoms with Crippen LogP contribution in [0.15, 0.2) is 46.9 Å². The minimum absolute atomic E-state index is 0.0266. The van der Waals surface area contributed by atoms with Crippen LogP contribution in [-0.4, -0.2) is 10.8 Å². The van der Waals surface area contributed by atoms with Crippen LogP contribution in [0.3, 0.4) is 0 Å². The second-order valence-corrected chi connectivity index (χ2v) is 5.43. The van der Waals surface area contributed by atoms with E-state index in [0.29, 0.717) is 16.8 Å². The number of anilines is 1. The van der Waals surface area contributed by atoms with Gasteiger partial charge in [0.25, 0.3) is 11.6 Å². The number of para-hydroxylation sites is 1. The summed E-state index contributed by atoms with van der Waals surface area (Å²) in [4.78, 5) is 22.7. The highest BCUT2D eigenvalue weighted by atomic mass is 79.9. The summed E-state index contributed by atoms with van der Waals surface area (Å²) < 4.78 is 0.839. The molecule has 1 aliphatic rings. The average Bonchev–Trinajstić information content (AvgIpc) is 2.75. The first kappa shape index (κ1) is 13.5. The lowest BCUT2D eigenvalue weighted by molar-refractivity contribution is -0.385. The van der Waals surface area contributed by atoms with Crippen LogP contribution < -0.4 is 5.32 Å². The third-order valence-electron chi connectivity index (χ3n) is 3.20. The minimum atomic E-state index is -0.457. The van der Waals surface area contributed by atoms with E-state index < -0.39 is 4.92 Å². The van der Waals surface area contributed by atoms with Gasteiger partial charge in [-0.2, -0.15) is 0 Å². The van der Waals surface area contributed by atoms with Crippen LogP contribution in [0, 0.1) is 10.1 Å². The van der Waals surface area contributed by atoms with Gasteiger partial charge in [0.1, 0.15) is 0 Å². The maximum Gasteiger partial charge on any atom is 0.276 e. The van der Waals surface area contributed by atoms with Gasteiger partial charge in [0.15, 0.2) is 0 Å². The zero-order chi connectivity index (χ0) is 15.0. The van der Waals surface area contributed by atoms with Crippen molar-refractivity contribution in [2.45, 2.75) is 0 Å². The number of amides is 1. The predicted octanol–water partition coefficient (Wildman–Crippen LogP) is 3.85. The summed E-state index contributed by atoms with van der Waals surface area (Å²) in [6.45, 7) is 0. The molecule has 0 unspecified atom stereocenters. The highest BCUT2D eigenvalue weighted by Crippen LogP contribution is 2.36. The maximum atomic E-state index is 12.1. The van der Waals surface area contributed by atoms with E-state index in [4.69, 9.17) is 0 Å².